The first-order valence-electron chi connectivity index (χ1n) is 6.50. The number of nitrogens with two attached hydrogens (primary N) is 1. The number of hydrogen-bond donors (Lipinski definition) is 2. The van der Waals surface area contributed by atoms with Crippen LogP contribution in [-0.4, -0.2) is 35.3 Å². The smallest absolute Gasteiger partial charge is 0.137 e. The molecular weight excluding hydrogens is 228 g/mol. The summed E-state index contributed by atoms with van der Waals surface area (Å²) >= 11 is 0. The molecule has 0 aliphatic heterocycles. The van der Waals surface area contributed by atoms with Crippen molar-refractivity contribution in [2.45, 2.75) is 39.0 Å². The molecule has 0 unspecified atom stereocenters. The SMILES string of the molecule is CC(C)c1c(N)ncnc1N(C)CCCCCO. The Morgan fingerprint density at radius 3 is 2.61 bits per heavy atom. The Morgan fingerprint density at radius 2 is 2.00 bits per heavy atom. The molecule has 0 aliphatic rings. The average Bonchev–Trinajstić information content (AvgIpc) is 2.33. The predicted molar refractivity (Wildman–Crippen MR) is 74.7 cm³/mol. The molecule has 1 rings (SSSR count). The fourth-order valence-electron chi connectivity index (χ4n) is 2.00. The summed E-state index contributed by atoms with van der Waals surface area (Å²) in [6.07, 6.45) is 4.44. The molecule has 3 N–H and O–H groups in total. The van der Waals surface area contributed by atoms with E-state index < -0.39 is 0 Å². The van der Waals surface area contributed by atoms with Gasteiger partial charge in [0, 0.05) is 25.8 Å². The van der Waals surface area contributed by atoms with Crippen LogP contribution in [0.4, 0.5) is 11.6 Å². The van der Waals surface area contributed by atoms with Crippen LogP contribution in [0.25, 0.3) is 0 Å². The molecule has 0 radical (unpaired) electrons. The fourth-order valence-corrected chi connectivity index (χ4v) is 2.00. The third-order valence-corrected chi connectivity index (χ3v) is 2.98. The van der Waals surface area contributed by atoms with Crippen LogP contribution in [0.15, 0.2) is 6.33 Å². The largest absolute Gasteiger partial charge is 0.396 e. The third kappa shape index (κ3) is 3.84. The number of unbranched alkanes of at least 4 members (excludes halogenated alkanes) is 2. The number of aliphatic hydroxyl groups is 1. The summed E-state index contributed by atoms with van der Waals surface area (Å²) in [5.74, 6) is 1.79. The highest BCUT2D eigenvalue weighted by atomic mass is 16.2. The standard InChI is InChI=1S/C13H24N4O/c1-10(2)11-12(14)15-9-16-13(11)17(3)7-5-4-6-8-18/h9-10,18H,4-8H2,1-3H3,(H2,14,15,16). The Morgan fingerprint density at radius 1 is 1.28 bits per heavy atom. The highest BCUT2D eigenvalue weighted by Gasteiger charge is 2.15. The van der Waals surface area contributed by atoms with Crippen molar-refractivity contribution < 1.29 is 5.11 Å². The summed E-state index contributed by atoms with van der Waals surface area (Å²) in [5, 5.41) is 8.75. The number of hydrogen-bond acceptors (Lipinski definition) is 5. The van der Waals surface area contributed by atoms with Gasteiger partial charge in [-0.1, -0.05) is 13.8 Å². The topological polar surface area (TPSA) is 75.3 Å². The summed E-state index contributed by atoms with van der Waals surface area (Å²) < 4.78 is 0. The molecule has 0 saturated carbocycles. The van der Waals surface area contributed by atoms with Gasteiger partial charge in [0.15, 0.2) is 0 Å². The Hall–Kier alpha value is -1.36. The lowest BCUT2D eigenvalue weighted by Gasteiger charge is -2.23. The van der Waals surface area contributed by atoms with Crippen LogP contribution >= 0.6 is 0 Å². The molecule has 102 valence electrons. The van der Waals surface area contributed by atoms with Gasteiger partial charge in [0.05, 0.1) is 0 Å². The van der Waals surface area contributed by atoms with Gasteiger partial charge < -0.3 is 15.7 Å². The van der Waals surface area contributed by atoms with E-state index in [1.165, 1.54) is 6.33 Å². The van der Waals surface area contributed by atoms with Crippen molar-refractivity contribution in [3.05, 3.63) is 11.9 Å². The second-order valence-electron chi connectivity index (χ2n) is 4.86. The molecule has 1 heterocycles. The van der Waals surface area contributed by atoms with Gasteiger partial charge in [-0.2, -0.15) is 0 Å². The van der Waals surface area contributed by atoms with Gasteiger partial charge in [0.1, 0.15) is 18.0 Å². The van der Waals surface area contributed by atoms with Crippen LogP contribution < -0.4 is 10.6 Å². The van der Waals surface area contributed by atoms with Crippen molar-refractivity contribution in [2.24, 2.45) is 0 Å². The minimum Gasteiger partial charge on any atom is -0.396 e. The van der Waals surface area contributed by atoms with Crippen LogP contribution in [0.1, 0.15) is 44.6 Å². The number of nitrogens with zero attached hydrogens (tertiary/aromatic N) is 3. The van der Waals surface area contributed by atoms with E-state index in [9.17, 15) is 0 Å². The molecule has 1 aromatic rings. The Bertz CT molecular complexity index is 368. The molecule has 5 nitrogen and oxygen atoms in total. The molecule has 0 spiro atoms. The van der Waals surface area contributed by atoms with Crippen LogP contribution in [0.5, 0.6) is 0 Å². The molecule has 0 aliphatic carbocycles. The zero-order valence-corrected chi connectivity index (χ0v) is 11.6. The lowest BCUT2D eigenvalue weighted by atomic mass is 10.0. The summed E-state index contributed by atoms with van der Waals surface area (Å²) in [6, 6.07) is 0. The highest BCUT2D eigenvalue weighted by Crippen LogP contribution is 2.28. The van der Waals surface area contributed by atoms with Crippen molar-refractivity contribution in [1.82, 2.24) is 9.97 Å². The first-order chi connectivity index (χ1) is 8.57. The van der Waals surface area contributed by atoms with Crippen molar-refractivity contribution in [3.8, 4) is 0 Å². The number of anilines is 2. The van der Waals surface area contributed by atoms with E-state index >= 15 is 0 Å². The van der Waals surface area contributed by atoms with Crippen molar-refractivity contribution in [1.29, 1.82) is 0 Å². The van der Waals surface area contributed by atoms with E-state index in [4.69, 9.17) is 10.8 Å². The highest BCUT2D eigenvalue weighted by molar-refractivity contribution is 5.57. The van der Waals surface area contributed by atoms with Gasteiger partial charge in [-0.25, -0.2) is 9.97 Å². The predicted octanol–water partition coefficient (Wildman–Crippen LogP) is 1.78. The lowest BCUT2D eigenvalue weighted by molar-refractivity contribution is 0.283. The van der Waals surface area contributed by atoms with Crippen molar-refractivity contribution >= 4 is 11.6 Å². The normalized spacial score (nSPS) is 10.9. The zero-order valence-electron chi connectivity index (χ0n) is 11.6. The molecule has 0 atom stereocenters. The van der Waals surface area contributed by atoms with E-state index in [0.717, 1.165) is 37.2 Å². The van der Waals surface area contributed by atoms with Crippen LogP contribution in [0, 0.1) is 0 Å². The van der Waals surface area contributed by atoms with E-state index in [-0.39, 0.29) is 6.61 Å². The van der Waals surface area contributed by atoms with Gasteiger partial charge in [0.25, 0.3) is 0 Å². The van der Waals surface area contributed by atoms with Gasteiger partial charge >= 0.3 is 0 Å². The van der Waals surface area contributed by atoms with E-state index in [0.29, 0.717) is 11.7 Å². The van der Waals surface area contributed by atoms with Crippen molar-refractivity contribution in [3.63, 3.8) is 0 Å². The Kier molecular flexibility index (Phi) is 5.85. The number of rotatable bonds is 7. The quantitative estimate of drug-likeness (QED) is 0.723. The van der Waals surface area contributed by atoms with Crippen LogP contribution in [0.2, 0.25) is 0 Å². The lowest BCUT2D eigenvalue weighted by Crippen LogP contribution is -2.22. The molecule has 0 bridgehead atoms. The minimum absolute atomic E-state index is 0.265. The second-order valence-corrected chi connectivity index (χ2v) is 4.86. The third-order valence-electron chi connectivity index (χ3n) is 2.98. The fraction of sp³-hybridized carbons (Fsp3) is 0.692. The van der Waals surface area contributed by atoms with Gasteiger partial charge in [-0.3, -0.25) is 0 Å². The molecule has 0 aromatic carbocycles. The number of nitrogen functional groups attached to an aromatic ring is 1. The van der Waals surface area contributed by atoms with Crippen LogP contribution in [0.3, 0.4) is 0 Å². The minimum atomic E-state index is 0.265. The van der Waals surface area contributed by atoms with Crippen molar-refractivity contribution in [2.75, 3.05) is 30.8 Å². The van der Waals surface area contributed by atoms with Gasteiger partial charge in [-0.15, -0.1) is 0 Å². The van der Waals surface area contributed by atoms with Gasteiger partial charge in [-0.05, 0) is 25.2 Å². The van der Waals surface area contributed by atoms with E-state index in [1.54, 1.807) is 0 Å². The maximum Gasteiger partial charge on any atom is 0.137 e. The maximum absolute atomic E-state index is 8.75. The Labute approximate surface area is 109 Å². The van der Waals surface area contributed by atoms with Gasteiger partial charge in [0.2, 0.25) is 0 Å². The Balaban J connectivity index is 2.72. The monoisotopic (exact) mass is 252 g/mol. The molecular formula is C13H24N4O. The van der Waals surface area contributed by atoms with E-state index in [1.807, 2.05) is 7.05 Å². The first-order valence-corrected chi connectivity index (χ1v) is 6.50. The molecule has 0 saturated heterocycles. The number of aliphatic hydroxyl groups excluding tert-OH is 1. The summed E-state index contributed by atoms with van der Waals surface area (Å²) in [4.78, 5) is 10.5. The molecule has 5 heteroatoms. The zero-order chi connectivity index (χ0) is 13.5. The van der Waals surface area contributed by atoms with E-state index in [2.05, 4.69) is 28.7 Å². The summed E-state index contributed by atoms with van der Waals surface area (Å²) in [6.45, 7) is 5.37. The molecule has 0 fully saturated rings. The molecule has 18 heavy (non-hydrogen) atoms. The average molecular weight is 252 g/mol. The van der Waals surface area contributed by atoms with Crippen LogP contribution in [-0.2, 0) is 0 Å². The first kappa shape index (κ1) is 14.7. The molecule has 1 aromatic heterocycles. The summed E-state index contributed by atoms with van der Waals surface area (Å²) in [7, 11) is 2.02. The molecule has 0 amide bonds. The second kappa shape index (κ2) is 7.16. The maximum atomic E-state index is 8.75. The summed E-state index contributed by atoms with van der Waals surface area (Å²) in [5.41, 5.74) is 6.94. The number of aromatic nitrogens is 2.